The van der Waals surface area contributed by atoms with E-state index in [0.29, 0.717) is 16.9 Å². The summed E-state index contributed by atoms with van der Waals surface area (Å²) in [6, 6.07) is 0. The molecule has 0 aromatic carbocycles. The van der Waals surface area contributed by atoms with E-state index in [4.69, 9.17) is 16.3 Å². The molecule has 2 aliphatic carbocycles. The molecule has 0 aromatic heterocycles. The van der Waals surface area contributed by atoms with Crippen molar-refractivity contribution in [2.45, 2.75) is 75.7 Å². The molecule has 2 saturated heterocycles. The molecule has 0 amide bonds. The molecule has 0 aromatic rings. The average molecular weight is 326 g/mol. The summed E-state index contributed by atoms with van der Waals surface area (Å²) in [5, 5.41) is 0.403. The second-order valence-electron chi connectivity index (χ2n) is 8.53. The van der Waals surface area contributed by atoms with E-state index in [-0.39, 0.29) is 0 Å². The highest BCUT2D eigenvalue weighted by Crippen LogP contribution is 2.52. The maximum absolute atomic E-state index is 6.48. The van der Waals surface area contributed by atoms with Crippen LogP contribution in [0.3, 0.4) is 0 Å². The van der Waals surface area contributed by atoms with Crippen molar-refractivity contribution in [2.24, 2.45) is 17.3 Å². The van der Waals surface area contributed by atoms with Gasteiger partial charge < -0.3 is 9.64 Å². The quantitative estimate of drug-likeness (QED) is 0.695. The van der Waals surface area contributed by atoms with Crippen molar-refractivity contribution >= 4 is 11.6 Å². The zero-order valence-electron chi connectivity index (χ0n) is 13.9. The van der Waals surface area contributed by atoms with Crippen LogP contribution in [-0.4, -0.2) is 42.6 Å². The third kappa shape index (κ3) is 3.08. The Bertz CT molecular complexity index is 374. The average Bonchev–Trinajstić information content (AvgIpc) is 2.89. The molecular weight excluding hydrogens is 294 g/mol. The summed E-state index contributed by atoms with van der Waals surface area (Å²) in [6.07, 6.45) is 14.2. The minimum atomic E-state index is 0.403. The Morgan fingerprint density at radius 1 is 1.00 bits per heavy atom. The van der Waals surface area contributed by atoms with Gasteiger partial charge in [0.05, 0.1) is 12.7 Å². The van der Waals surface area contributed by atoms with Crippen LogP contribution in [0.4, 0.5) is 0 Å². The van der Waals surface area contributed by atoms with Crippen molar-refractivity contribution < 1.29 is 4.74 Å². The molecule has 4 aliphatic rings. The number of hydrogen-bond acceptors (Lipinski definition) is 2. The van der Waals surface area contributed by atoms with Gasteiger partial charge in [-0.25, -0.2) is 0 Å². The van der Waals surface area contributed by atoms with Crippen molar-refractivity contribution in [3.63, 3.8) is 0 Å². The first kappa shape index (κ1) is 15.7. The van der Waals surface area contributed by atoms with Crippen molar-refractivity contribution in [3.8, 4) is 0 Å². The summed E-state index contributed by atoms with van der Waals surface area (Å²) in [5.74, 6) is 1.73. The third-order valence-corrected chi connectivity index (χ3v) is 7.58. The van der Waals surface area contributed by atoms with Crippen LogP contribution < -0.4 is 0 Å². The highest BCUT2D eigenvalue weighted by molar-refractivity contribution is 6.20. The Hall–Kier alpha value is 0.210. The summed E-state index contributed by atoms with van der Waals surface area (Å²) < 4.78 is 6.21. The lowest BCUT2D eigenvalue weighted by Gasteiger charge is -2.45. The lowest BCUT2D eigenvalue weighted by molar-refractivity contribution is 0.0507. The molecule has 3 unspecified atom stereocenters. The minimum absolute atomic E-state index is 0.403. The summed E-state index contributed by atoms with van der Waals surface area (Å²) in [6.45, 7) is 4.98. The molecule has 22 heavy (non-hydrogen) atoms. The van der Waals surface area contributed by atoms with Crippen molar-refractivity contribution in [1.82, 2.24) is 4.90 Å². The number of likely N-dealkylation sites (tertiary alicyclic amines) is 1. The van der Waals surface area contributed by atoms with Crippen LogP contribution in [0.1, 0.15) is 64.2 Å². The maximum Gasteiger partial charge on any atom is 0.0610 e. The van der Waals surface area contributed by atoms with E-state index in [0.717, 1.165) is 24.9 Å². The molecule has 1 spiro atoms. The molecule has 0 radical (unpaired) electrons. The summed E-state index contributed by atoms with van der Waals surface area (Å²) in [7, 11) is 0. The zero-order valence-corrected chi connectivity index (χ0v) is 14.7. The van der Waals surface area contributed by atoms with Gasteiger partial charge in [-0.2, -0.15) is 0 Å². The highest BCUT2D eigenvalue weighted by Gasteiger charge is 2.52. The number of rotatable bonds is 2. The molecule has 0 bridgehead atoms. The number of hydrogen-bond donors (Lipinski definition) is 0. The Morgan fingerprint density at radius 2 is 1.77 bits per heavy atom. The van der Waals surface area contributed by atoms with Gasteiger partial charge in [0.2, 0.25) is 0 Å². The fourth-order valence-corrected chi connectivity index (χ4v) is 6.06. The predicted octanol–water partition coefficient (Wildman–Crippen LogP) is 4.46. The van der Waals surface area contributed by atoms with Gasteiger partial charge in [0.25, 0.3) is 0 Å². The van der Waals surface area contributed by atoms with E-state index in [1.165, 1.54) is 77.4 Å². The number of alkyl halides is 1. The summed E-state index contributed by atoms with van der Waals surface area (Å²) >= 11 is 6.48. The topological polar surface area (TPSA) is 12.5 Å². The van der Waals surface area contributed by atoms with Crippen molar-refractivity contribution in [3.05, 3.63) is 0 Å². The lowest BCUT2D eigenvalue weighted by Crippen LogP contribution is -2.47. The molecule has 126 valence electrons. The smallest absolute Gasteiger partial charge is 0.0610 e. The molecule has 2 saturated carbocycles. The third-order valence-electron chi connectivity index (χ3n) is 7.19. The Kier molecular flexibility index (Phi) is 4.72. The lowest BCUT2D eigenvalue weighted by atomic mass is 9.65. The predicted molar refractivity (Wildman–Crippen MR) is 91.4 cm³/mol. The number of fused-ring (bicyclic) bond motifs is 2. The van der Waals surface area contributed by atoms with Gasteiger partial charge in [-0.3, -0.25) is 0 Å². The molecule has 3 atom stereocenters. The second kappa shape index (κ2) is 6.61. The second-order valence-corrected chi connectivity index (χ2v) is 9.15. The largest absolute Gasteiger partial charge is 0.377 e. The molecule has 2 aliphatic heterocycles. The van der Waals surface area contributed by atoms with Crippen molar-refractivity contribution in [1.29, 1.82) is 0 Å². The molecule has 3 heteroatoms. The van der Waals surface area contributed by atoms with Crippen LogP contribution in [0.5, 0.6) is 0 Å². The minimum Gasteiger partial charge on any atom is -0.377 e. The van der Waals surface area contributed by atoms with Gasteiger partial charge in [-0.1, -0.05) is 19.3 Å². The zero-order chi connectivity index (χ0) is 15.0. The Labute approximate surface area is 140 Å². The number of ether oxygens (including phenoxy) is 1. The maximum atomic E-state index is 6.48. The molecular formula is C19H32ClNO. The first-order valence-corrected chi connectivity index (χ1v) is 10.2. The van der Waals surface area contributed by atoms with Crippen LogP contribution >= 0.6 is 11.6 Å². The van der Waals surface area contributed by atoms with E-state index in [9.17, 15) is 0 Å². The van der Waals surface area contributed by atoms with E-state index >= 15 is 0 Å². The van der Waals surface area contributed by atoms with Gasteiger partial charge in [-0.05, 0) is 69.9 Å². The fourth-order valence-electron chi connectivity index (χ4n) is 5.75. The highest BCUT2D eigenvalue weighted by atomic mass is 35.5. The van der Waals surface area contributed by atoms with Gasteiger partial charge in [0.15, 0.2) is 0 Å². The Morgan fingerprint density at radius 3 is 2.55 bits per heavy atom. The standard InChI is InChI=1S/C19H32ClNO/c20-16-6-7-18-17(12-16)19(14-22-18)8-10-21(11-9-19)13-15-4-2-1-3-5-15/h15-18H,1-14H2. The summed E-state index contributed by atoms with van der Waals surface area (Å²) in [5.41, 5.74) is 0.474. The number of halogens is 1. The number of nitrogens with zero attached hydrogens (tertiary/aromatic N) is 1. The number of piperidine rings is 1. The van der Waals surface area contributed by atoms with Crippen LogP contribution in [0.25, 0.3) is 0 Å². The first-order valence-electron chi connectivity index (χ1n) is 9.73. The van der Waals surface area contributed by atoms with E-state index in [2.05, 4.69) is 4.90 Å². The van der Waals surface area contributed by atoms with E-state index < -0.39 is 0 Å². The Balaban J connectivity index is 1.33. The first-order chi connectivity index (χ1) is 10.8. The van der Waals surface area contributed by atoms with Gasteiger partial charge in [0, 0.05) is 17.3 Å². The van der Waals surface area contributed by atoms with E-state index in [1.807, 2.05) is 0 Å². The van der Waals surface area contributed by atoms with Crippen LogP contribution in [0.15, 0.2) is 0 Å². The normalized spacial score (nSPS) is 40.0. The monoisotopic (exact) mass is 325 g/mol. The molecule has 2 heterocycles. The van der Waals surface area contributed by atoms with Crippen LogP contribution in [-0.2, 0) is 4.74 Å². The SMILES string of the molecule is ClC1CCC2OCC3(CCN(CC4CCCCC4)CC3)C2C1. The van der Waals surface area contributed by atoms with E-state index in [1.54, 1.807) is 0 Å². The molecule has 0 N–H and O–H groups in total. The van der Waals surface area contributed by atoms with Gasteiger partial charge >= 0.3 is 0 Å². The molecule has 4 fully saturated rings. The van der Waals surface area contributed by atoms with Gasteiger partial charge in [-0.15, -0.1) is 11.6 Å². The van der Waals surface area contributed by atoms with Crippen LogP contribution in [0, 0.1) is 17.3 Å². The molecule has 2 nitrogen and oxygen atoms in total. The van der Waals surface area contributed by atoms with Gasteiger partial charge in [0.1, 0.15) is 0 Å². The fraction of sp³-hybridized carbons (Fsp3) is 1.00. The summed E-state index contributed by atoms with van der Waals surface area (Å²) in [4.78, 5) is 2.76. The van der Waals surface area contributed by atoms with Crippen molar-refractivity contribution in [2.75, 3.05) is 26.2 Å². The van der Waals surface area contributed by atoms with Crippen LogP contribution in [0.2, 0.25) is 0 Å². The molecule has 4 rings (SSSR count).